The minimum Gasteiger partial charge on any atom is -0.482 e. The van der Waals surface area contributed by atoms with Crippen molar-refractivity contribution in [3.63, 3.8) is 0 Å². The van der Waals surface area contributed by atoms with Crippen LogP contribution in [0.2, 0.25) is 0 Å². The van der Waals surface area contributed by atoms with Crippen molar-refractivity contribution in [1.29, 1.82) is 0 Å². The summed E-state index contributed by atoms with van der Waals surface area (Å²) >= 11 is 3.15. The van der Waals surface area contributed by atoms with E-state index in [1.165, 1.54) is 6.07 Å². The predicted molar refractivity (Wildman–Crippen MR) is 80.0 cm³/mol. The highest BCUT2D eigenvalue weighted by Gasteiger charge is 2.12. The van der Waals surface area contributed by atoms with Gasteiger partial charge < -0.3 is 10.1 Å². The van der Waals surface area contributed by atoms with Gasteiger partial charge in [0, 0.05) is 5.69 Å². The molecule has 5 heteroatoms. The van der Waals surface area contributed by atoms with Crippen molar-refractivity contribution in [1.82, 2.24) is 0 Å². The van der Waals surface area contributed by atoms with Crippen LogP contribution in [0.15, 0.2) is 42.5 Å². The van der Waals surface area contributed by atoms with Gasteiger partial charge in [-0.05, 0) is 52.7 Å². The summed E-state index contributed by atoms with van der Waals surface area (Å²) in [5.41, 5.74) is 1.63. The lowest BCUT2D eigenvalue weighted by molar-refractivity contribution is 0.102. The number of nitrogens with one attached hydrogen (secondary N) is 1. The number of hydrogen-bond donors (Lipinski definition) is 1. The first-order valence-electron chi connectivity index (χ1n) is 5.97. The zero-order valence-corrected chi connectivity index (χ0v) is 12.4. The molecule has 0 saturated heterocycles. The number of amides is 1. The molecular formula is C15H13BrFNO2. The number of para-hydroxylation sites is 1. The minimum atomic E-state index is -0.354. The van der Waals surface area contributed by atoms with Gasteiger partial charge in [-0.15, -0.1) is 0 Å². The number of anilines is 1. The van der Waals surface area contributed by atoms with Gasteiger partial charge in [0.1, 0.15) is 17.1 Å². The van der Waals surface area contributed by atoms with Crippen molar-refractivity contribution in [3.05, 3.63) is 59.4 Å². The van der Waals surface area contributed by atoms with E-state index in [-0.39, 0.29) is 17.2 Å². The number of ether oxygens (including phenoxy) is 1. The Bertz CT molecular complexity index is 631. The number of rotatable bonds is 4. The number of hydrogen-bond acceptors (Lipinski definition) is 2. The molecule has 0 saturated carbocycles. The number of halogens is 2. The summed E-state index contributed by atoms with van der Waals surface area (Å²) in [5.74, 6) is -0.230. The number of carbonyl (C=O) groups excluding carboxylic acids is 1. The third-order valence-electron chi connectivity index (χ3n) is 2.77. The lowest BCUT2D eigenvalue weighted by Crippen LogP contribution is -2.13. The highest BCUT2D eigenvalue weighted by Crippen LogP contribution is 2.21. The molecule has 0 aromatic heterocycles. The van der Waals surface area contributed by atoms with Crippen LogP contribution in [0.3, 0.4) is 0 Å². The molecule has 2 aromatic rings. The fourth-order valence-corrected chi connectivity index (χ4v) is 1.95. The Morgan fingerprint density at radius 2 is 2.05 bits per heavy atom. The van der Waals surface area contributed by atoms with Crippen molar-refractivity contribution >= 4 is 27.5 Å². The summed E-state index contributed by atoms with van der Waals surface area (Å²) in [6, 6.07) is 11.4. The first-order valence-corrected chi connectivity index (χ1v) is 7.09. The van der Waals surface area contributed by atoms with Crippen molar-refractivity contribution in [2.24, 2.45) is 0 Å². The molecule has 2 rings (SSSR count). The maximum Gasteiger partial charge on any atom is 0.259 e. The molecule has 20 heavy (non-hydrogen) atoms. The normalized spacial score (nSPS) is 10.2. The lowest BCUT2D eigenvalue weighted by atomic mass is 10.1. The molecule has 0 aliphatic heterocycles. The highest BCUT2D eigenvalue weighted by atomic mass is 79.9. The number of aryl methyl sites for hydroxylation is 1. The van der Waals surface area contributed by atoms with Crippen LogP contribution in [0.5, 0.6) is 5.75 Å². The fourth-order valence-electron chi connectivity index (χ4n) is 1.71. The van der Waals surface area contributed by atoms with Crippen molar-refractivity contribution in [3.8, 4) is 5.75 Å². The summed E-state index contributed by atoms with van der Waals surface area (Å²) < 4.78 is 18.8. The summed E-state index contributed by atoms with van der Waals surface area (Å²) in [6.07, 6.45) is 0. The van der Waals surface area contributed by atoms with Crippen LogP contribution in [-0.4, -0.2) is 11.4 Å². The highest BCUT2D eigenvalue weighted by molar-refractivity contribution is 9.09. The Morgan fingerprint density at radius 1 is 1.30 bits per heavy atom. The molecule has 2 aromatic carbocycles. The molecule has 0 aliphatic rings. The molecule has 0 spiro atoms. The van der Waals surface area contributed by atoms with Gasteiger partial charge in [0.05, 0.1) is 5.56 Å². The average Bonchev–Trinajstić information content (AvgIpc) is 2.44. The summed E-state index contributed by atoms with van der Waals surface area (Å²) in [5, 5.41) is 2.65. The van der Waals surface area contributed by atoms with Crippen LogP contribution >= 0.6 is 15.9 Å². The van der Waals surface area contributed by atoms with E-state index >= 15 is 0 Å². The standard InChI is InChI=1S/C15H13BrFNO2/c1-10-6-7-11(8-13(10)17)18-15(19)12-4-2-3-5-14(12)20-9-16/h2-8H,9H2,1H3,(H,18,19). The van der Waals surface area contributed by atoms with Gasteiger partial charge in [-0.2, -0.15) is 0 Å². The van der Waals surface area contributed by atoms with E-state index in [0.717, 1.165) is 0 Å². The molecule has 1 N–H and O–H groups in total. The van der Waals surface area contributed by atoms with E-state index in [2.05, 4.69) is 21.2 Å². The molecule has 0 fully saturated rings. The van der Waals surface area contributed by atoms with Crippen molar-refractivity contribution in [2.45, 2.75) is 6.92 Å². The second-order valence-electron chi connectivity index (χ2n) is 4.17. The predicted octanol–water partition coefficient (Wildman–Crippen LogP) is 4.12. The fraction of sp³-hybridized carbons (Fsp3) is 0.133. The van der Waals surface area contributed by atoms with Gasteiger partial charge >= 0.3 is 0 Å². The summed E-state index contributed by atoms with van der Waals surface area (Å²) in [4.78, 5) is 12.2. The molecule has 104 valence electrons. The minimum absolute atomic E-state index is 0.288. The van der Waals surface area contributed by atoms with Crippen molar-refractivity contribution in [2.75, 3.05) is 10.8 Å². The zero-order valence-electron chi connectivity index (χ0n) is 10.8. The monoisotopic (exact) mass is 337 g/mol. The first kappa shape index (κ1) is 14.5. The third kappa shape index (κ3) is 3.36. The summed E-state index contributed by atoms with van der Waals surface area (Å²) in [6.45, 7) is 1.67. The van der Waals surface area contributed by atoms with Gasteiger partial charge in [-0.25, -0.2) is 4.39 Å². The van der Waals surface area contributed by atoms with Crippen LogP contribution in [0.4, 0.5) is 10.1 Å². The van der Waals surface area contributed by atoms with E-state index in [0.29, 0.717) is 22.6 Å². The topological polar surface area (TPSA) is 38.3 Å². The SMILES string of the molecule is Cc1ccc(NC(=O)c2ccccc2OCBr)cc1F. The lowest BCUT2D eigenvalue weighted by Gasteiger charge is -2.10. The van der Waals surface area contributed by atoms with Crippen LogP contribution in [0.25, 0.3) is 0 Å². The molecule has 0 atom stereocenters. The van der Waals surface area contributed by atoms with E-state index < -0.39 is 0 Å². The van der Waals surface area contributed by atoms with Gasteiger partial charge in [-0.1, -0.05) is 18.2 Å². The molecule has 0 unspecified atom stereocenters. The maximum atomic E-state index is 13.4. The average molecular weight is 338 g/mol. The molecule has 0 aliphatic carbocycles. The van der Waals surface area contributed by atoms with E-state index in [9.17, 15) is 9.18 Å². The molecule has 0 radical (unpaired) electrons. The number of carbonyl (C=O) groups is 1. The molecule has 0 bridgehead atoms. The number of alkyl halides is 1. The van der Waals surface area contributed by atoms with E-state index in [1.807, 2.05) is 0 Å². The van der Waals surface area contributed by atoms with E-state index in [4.69, 9.17) is 4.74 Å². The second-order valence-corrected chi connectivity index (χ2v) is 4.63. The maximum absolute atomic E-state index is 13.4. The zero-order chi connectivity index (χ0) is 14.5. The van der Waals surface area contributed by atoms with E-state index in [1.54, 1.807) is 43.3 Å². The summed E-state index contributed by atoms with van der Waals surface area (Å²) in [7, 11) is 0. The van der Waals surface area contributed by atoms with Gasteiger partial charge in [0.25, 0.3) is 5.91 Å². The van der Waals surface area contributed by atoms with Crippen LogP contribution in [0.1, 0.15) is 15.9 Å². The van der Waals surface area contributed by atoms with Crippen LogP contribution in [-0.2, 0) is 0 Å². The molecule has 1 amide bonds. The Morgan fingerprint density at radius 3 is 2.75 bits per heavy atom. The van der Waals surface area contributed by atoms with Crippen molar-refractivity contribution < 1.29 is 13.9 Å². The van der Waals surface area contributed by atoms with Crippen LogP contribution in [0, 0.1) is 12.7 Å². The first-order chi connectivity index (χ1) is 9.61. The van der Waals surface area contributed by atoms with Gasteiger partial charge in [-0.3, -0.25) is 4.79 Å². The number of benzene rings is 2. The smallest absolute Gasteiger partial charge is 0.259 e. The Labute approximate surface area is 124 Å². The second kappa shape index (κ2) is 6.52. The van der Waals surface area contributed by atoms with Crippen LogP contribution < -0.4 is 10.1 Å². The molecule has 3 nitrogen and oxygen atoms in total. The molecular weight excluding hydrogens is 325 g/mol. The largest absolute Gasteiger partial charge is 0.482 e. The molecule has 0 heterocycles. The van der Waals surface area contributed by atoms with Gasteiger partial charge in [0.15, 0.2) is 0 Å². The Hall–Kier alpha value is -1.88. The quantitative estimate of drug-likeness (QED) is 0.852. The third-order valence-corrected chi connectivity index (χ3v) is 3.00. The van der Waals surface area contributed by atoms with Gasteiger partial charge in [0.2, 0.25) is 0 Å². The Balaban J connectivity index is 2.21. The Kier molecular flexibility index (Phi) is 4.74.